The quantitative estimate of drug-likeness (QED) is 0.617. The molecule has 5 nitrogen and oxygen atoms in total. The predicted octanol–water partition coefficient (Wildman–Crippen LogP) is -0.0534. The molecule has 1 N–H and O–H groups in total. The van der Waals surface area contributed by atoms with E-state index in [9.17, 15) is 9.59 Å². The van der Waals surface area contributed by atoms with Crippen molar-refractivity contribution in [3.63, 3.8) is 0 Å². The first-order valence-corrected chi connectivity index (χ1v) is 3.97. The molecule has 0 heterocycles. The molecule has 0 fully saturated rings. The van der Waals surface area contributed by atoms with Crippen LogP contribution in [0.1, 0.15) is 14.3 Å². The number of rotatable bonds is 5. The Bertz CT molecular complexity index is 186. The standard InChI is InChI=1S/C8H15NO4.H2/c1-9-6(8(11)13-3)4-5-7(10)12-2;/h6,9H,4-5H2,1-3H3;1H. The van der Waals surface area contributed by atoms with Gasteiger partial charge in [-0.3, -0.25) is 9.59 Å². The fourth-order valence-electron chi connectivity index (χ4n) is 0.887. The lowest BCUT2D eigenvalue weighted by molar-refractivity contribution is -0.144. The zero-order chi connectivity index (χ0) is 10.3. The van der Waals surface area contributed by atoms with Gasteiger partial charge in [0.15, 0.2) is 0 Å². The fourth-order valence-corrected chi connectivity index (χ4v) is 0.887. The maximum Gasteiger partial charge on any atom is 0.322 e. The molecular weight excluding hydrogens is 174 g/mol. The molecule has 0 aromatic heterocycles. The average molecular weight is 191 g/mol. The molecule has 78 valence electrons. The van der Waals surface area contributed by atoms with Gasteiger partial charge in [0.05, 0.1) is 14.2 Å². The Morgan fingerprint density at radius 2 is 2.00 bits per heavy atom. The molecule has 5 heteroatoms. The fraction of sp³-hybridized carbons (Fsp3) is 0.750. The number of carbonyl (C=O) groups excluding carboxylic acids is 2. The number of hydrogen-bond acceptors (Lipinski definition) is 5. The van der Waals surface area contributed by atoms with E-state index >= 15 is 0 Å². The molecule has 0 spiro atoms. The van der Waals surface area contributed by atoms with Crippen molar-refractivity contribution in [3.05, 3.63) is 0 Å². The van der Waals surface area contributed by atoms with E-state index in [-0.39, 0.29) is 19.8 Å². The monoisotopic (exact) mass is 191 g/mol. The third-order valence-electron chi connectivity index (χ3n) is 1.70. The van der Waals surface area contributed by atoms with Gasteiger partial charge in [-0.25, -0.2) is 0 Å². The number of hydrogen-bond donors (Lipinski definition) is 1. The van der Waals surface area contributed by atoms with Gasteiger partial charge in [0.25, 0.3) is 0 Å². The number of esters is 2. The van der Waals surface area contributed by atoms with E-state index in [0.29, 0.717) is 6.42 Å². The van der Waals surface area contributed by atoms with Crippen LogP contribution >= 0.6 is 0 Å². The van der Waals surface area contributed by atoms with E-state index in [1.165, 1.54) is 14.2 Å². The molecule has 1 atom stereocenters. The highest BCUT2D eigenvalue weighted by Crippen LogP contribution is 2.00. The minimum absolute atomic E-state index is 0. The summed E-state index contributed by atoms with van der Waals surface area (Å²) < 4.78 is 8.96. The van der Waals surface area contributed by atoms with Gasteiger partial charge in [-0.15, -0.1) is 0 Å². The summed E-state index contributed by atoms with van der Waals surface area (Å²) in [4.78, 5) is 21.7. The maximum atomic E-state index is 11.0. The van der Waals surface area contributed by atoms with Crippen LogP contribution in [0.4, 0.5) is 0 Å². The smallest absolute Gasteiger partial charge is 0.322 e. The van der Waals surface area contributed by atoms with Gasteiger partial charge < -0.3 is 14.8 Å². The second-order valence-electron chi connectivity index (χ2n) is 2.48. The summed E-state index contributed by atoms with van der Waals surface area (Å²) in [5.41, 5.74) is 0. The molecule has 0 aromatic rings. The number of ether oxygens (including phenoxy) is 2. The van der Waals surface area contributed by atoms with Crippen molar-refractivity contribution in [1.82, 2.24) is 5.32 Å². The van der Waals surface area contributed by atoms with Gasteiger partial charge >= 0.3 is 11.9 Å². The summed E-state index contributed by atoms with van der Waals surface area (Å²) in [5, 5.41) is 2.75. The highest BCUT2D eigenvalue weighted by atomic mass is 16.5. The summed E-state index contributed by atoms with van der Waals surface area (Å²) >= 11 is 0. The normalized spacial score (nSPS) is 11.9. The molecule has 0 aliphatic rings. The number of likely N-dealkylation sites (N-methyl/N-ethyl adjacent to an activating group) is 1. The minimum atomic E-state index is -0.441. The highest BCUT2D eigenvalue weighted by Gasteiger charge is 2.17. The van der Waals surface area contributed by atoms with Crippen molar-refractivity contribution in [3.8, 4) is 0 Å². The summed E-state index contributed by atoms with van der Waals surface area (Å²) in [5.74, 6) is -0.699. The van der Waals surface area contributed by atoms with Crippen LogP contribution in [0.3, 0.4) is 0 Å². The molecule has 0 saturated heterocycles. The Morgan fingerprint density at radius 1 is 1.38 bits per heavy atom. The molecule has 0 saturated carbocycles. The van der Waals surface area contributed by atoms with Crippen LogP contribution in [-0.2, 0) is 19.1 Å². The second-order valence-corrected chi connectivity index (χ2v) is 2.48. The Balaban J connectivity index is 0. The first kappa shape index (κ1) is 11.9. The summed E-state index contributed by atoms with van der Waals surface area (Å²) in [6.45, 7) is 0. The van der Waals surface area contributed by atoms with Crippen LogP contribution in [0, 0.1) is 0 Å². The Morgan fingerprint density at radius 3 is 2.38 bits per heavy atom. The Kier molecular flexibility index (Phi) is 5.88. The number of carbonyl (C=O) groups is 2. The lowest BCUT2D eigenvalue weighted by Crippen LogP contribution is -2.35. The lowest BCUT2D eigenvalue weighted by Gasteiger charge is -2.11. The molecule has 0 bridgehead atoms. The molecular formula is C8H17NO4. The number of nitrogens with one attached hydrogen (secondary N) is 1. The third kappa shape index (κ3) is 4.47. The van der Waals surface area contributed by atoms with Crippen LogP contribution < -0.4 is 5.32 Å². The van der Waals surface area contributed by atoms with Crippen molar-refractivity contribution in [2.24, 2.45) is 0 Å². The van der Waals surface area contributed by atoms with E-state index in [4.69, 9.17) is 0 Å². The topological polar surface area (TPSA) is 64.6 Å². The zero-order valence-electron chi connectivity index (χ0n) is 8.12. The summed E-state index contributed by atoms with van der Waals surface area (Å²) in [7, 11) is 4.26. The zero-order valence-corrected chi connectivity index (χ0v) is 8.12. The van der Waals surface area contributed by atoms with Gasteiger partial charge in [-0.2, -0.15) is 0 Å². The van der Waals surface area contributed by atoms with Crippen molar-refractivity contribution >= 4 is 11.9 Å². The lowest BCUT2D eigenvalue weighted by atomic mass is 10.1. The van der Waals surface area contributed by atoms with E-state index in [1.54, 1.807) is 7.05 Å². The molecule has 13 heavy (non-hydrogen) atoms. The second kappa shape index (κ2) is 6.42. The molecule has 0 radical (unpaired) electrons. The third-order valence-corrected chi connectivity index (χ3v) is 1.70. The molecule has 0 aliphatic heterocycles. The summed E-state index contributed by atoms with van der Waals surface area (Å²) in [6, 6.07) is -0.441. The molecule has 0 aliphatic carbocycles. The van der Waals surface area contributed by atoms with Gasteiger partial charge in [0, 0.05) is 7.85 Å². The predicted molar refractivity (Wildman–Crippen MR) is 48.2 cm³/mol. The first-order chi connectivity index (χ1) is 6.15. The number of methoxy groups -OCH3 is 2. The van der Waals surface area contributed by atoms with E-state index in [2.05, 4.69) is 14.8 Å². The van der Waals surface area contributed by atoms with Gasteiger partial charge in [-0.1, -0.05) is 0 Å². The van der Waals surface area contributed by atoms with Crippen LogP contribution in [0.15, 0.2) is 0 Å². The van der Waals surface area contributed by atoms with Gasteiger partial charge in [-0.05, 0) is 13.5 Å². The Hall–Kier alpha value is -1.10. The van der Waals surface area contributed by atoms with Crippen LogP contribution in [-0.4, -0.2) is 39.2 Å². The largest absolute Gasteiger partial charge is 0.469 e. The Labute approximate surface area is 78.9 Å². The van der Waals surface area contributed by atoms with Gasteiger partial charge in [0.1, 0.15) is 6.04 Å². The van der Waals surface area contributed by atoms with E-state index in [1.807, 2.05) is 0 Å². The van der Waals surface area contributed by atoms with Crippen molar-refractivity contribution in [1.29, 1.82) is 0 Å². The average Bonchev–Trinajstić information content (AvgIpc) is 2.17. The molecule has 0 amide bonds. The SMILES string of the molecule is CNC(CCC(=O)OC)C(=O)OC.[HH]. The summed E-state index contributed by atoms with van der Waals surface area (Å²) in [6.07, 6.45) is 0.590. The van der Waals surface area contributed by atoms with Crippen molar-refractivity contribution < 1.29 is 20.5 Å². The molecule has 0 aromatic carbocycles. The highest BCUT2D eigenvalue weighted by molar-refractivity contribution is 5.77. The van der Waals surface area contributed by atoms with Crippen LogP contribution in [0.25, 0.3) is 0 Å². The molecule has 0 rings (SSSR count). The first-order valence-electron chi connectivity index (χ1n) is 3.97. The molecule has 1 unspecified atom stereocenters. The van der Waals surface area contributed by atoms with E-state index < -0.39 is 6.04 Å². The maximum absolute atomic E-state index is 11.0. The van der Waals surface area contributed by atoms with E-state index in [0.717, 1.165) is 0 Å². The minimum Gasteiger partial charge on any atom is -0.469 e. The van der Waals surface area contributed by atoms with Crippen molar-refractivity contribution in [2.45, 2.75) is 18.9 Å². The van der Waals surface area contributed by atoms with Gasteiger partial charge in [0.2, 0.25) is 0 Å². The van der Waals surface area contributed by atoms with Crippen LogP contribution in [0.2, 0.25) is 0 Å². The van der Waals surface area contributed by atoms with Crippen molar-refractivity contribution in [2.75, 3.05) is 21.3 Å². The van der Waals surface area contributed by atoms with Crippen LogP contribution in [0.5, 0.6) is 0 Å².